The highest BCUT2D eigenvalue weighted by molar-refractivity contribution is 5.85. The molecule has 27 heavy (non-hydrogen) atoms. The van der Waals surface area contributed by atoms with Gasteiger partial charge in [0.1, 0.15) is 5.52 Å². The zero-order chi connectivity index (χ0) is 19.2. The molecule has 6 nitrogen and oxygen atoms in total. The number of rotatable bonds is 3. The highest BCUT2D eigenvalue weighted by atomic mass is 19.4. The molecule has 0 radical (unpaired) electrons. The zero-order valence-corrected chi connectivity index (χ0v) is 14.1. The number of H-pyrrole nitrogens is 1. The molecule has 4 aromatic rings. The first-order chi connectivity index (χ1) is 12.9. The number of fused-ring (bicyclic) bond motifs is 2. The van der Waals surface area contributed by atoms with Crippen molar-refractivity contribution in [3.8, 4) is 5.69 Å². The molecule has 0 bridgehead atoms. The third-order valence-corrected chi connectivity index (χ3v) is 4.16. The van der Waals surface area contributed by atoms with E-state index in [4.69, 9.17) is 5.11 Å². The summed E-state index contributed by atoms with van der Waals surface area (Å²) in [7, 11) is 0. The number of alkyl halides is 3. The Hall–Kier alpha value is -3.20. The largest absolute Gasteiger partial charge is 0.450 e. The Labute approximate surface area is 151 Å². The maximum Gasteiger partial charge on any atom is 0.450 e. The van der Waals surface area contributed by atoms with Crippen LogP contribution in [0, 0.1) is 6.92 Å². The smallest absolute Gasteiger partial charge is 0.392 e. The lowest BCUT2D eigenvalue weighted by Gasteiger charge is -2.12. The fourth-order valence-corrected chi connectivity index (χ4v) is 3.02. The second-order valence-corrected chi connectivity index (χ2v) is 6.03. The van der Waals surface area contributed by atoms with E-state index in [0.29, 0.717) is 16.8 Å². The molecule has 9 heteroatoms. The molecule has 4 rings (SSSR count). The van der Waals surface area contributed by atoms with E-state index in [1.54, 1.807) is 31.3 Å². The van der Waals surface area contributed by atoms with Crippen molar-refractivity contribution in [2.45, 2.75) is 13.1 Å². The van der Waals surface area contributed by atoms with Crippen molar-refractivity contribution < 1.29 is 18.3 Å². The van der Waals surface area contributed by atoms with Crippen molar-refractivity contribution in [3.63, 3.8) is 0 Å². The lowest BCUT2D eigenvalue weighted by atomic mass is 10.1. The van der Waals surface area contributed by atoms with E-state index in [2.05, 4.69) is 20.2 Å². The highest BCUT2D eigenvalue weighted by Gasteiger charge is 2.38. The van der Waals surface area contributed by atoms with E-state index in [1.807, 2.05) is 0 Å². The number of aromatic amines is 1. The van der Waals surface area contributed by atoms with Crippen LogP contribution in [-0.2, 0) is 6.18 Å². The molecule has 0 spiro atoms. The molecule has 0 amide bonds. The van der Waals surface area contributed by atoms with Gasteiger partial charge in [-0.1, -0.05) is 6.08 Å². The Bertz CT molecular complexity index is 1170. The van der Waals surface area contributed by atoms with Crippen LogP contribution in [0.2, 0.25) is 0 Å². The lowest BCUT2D eigenvalue weighted by Crippen LogP contribution is -2.14. The number of nitrogens with one attached hydrogen (secondary N) is 1. The summed E-state index contributed by atoms with van der Waals surface area (Å²) < 4.78 is 42.0. The first kappa shape index (κ1) is 17.2. The fourth-order valence-electron chi connectivity index (χ4n) is 3.02. The van der Waals surface area contributed by atoms with E-state index in [1.165, 1.54) is 18.2 Å². The molecule has 0 unspecified atom stereocenters. The summed E-state index contributed by atoms with van der Waals surface area (Å²) in [6.07, 6.45) is -0.0993. The third kappa shape index (κ3) is 2.95. The Morgan fingerprint density at radius 1 is 1.22 bits per heavy atom. The van der Waals surface area contributed by atoms with Gasteiger partial charge in [0.25, 0.3) is 0 Å². The number of hydrogen-bond acceptors (Lipinski definition) is 4. The van der Waals surface area contributed by atoms with Gasteiger partial charge in [-0.15, -0.1) is 0 Å². The summed E-state index contributed by atoms with van der Waals surface area (Å²) in [5, 5.41) is 16.4. The molecule has 2 N–H and O–H groups in total. The minimum atomic E-state index is -4.65. The quantitative estimate of drug-likeness (QED) is 0.575. The van der Waals surface area contributed by atoms with Gasteiger partial charge < -0.3 is 5.11 Å². The molecule has 3 aromatic heterocycles. The first-order valence-electron chi connectivity index (χ1n) is 8.06. The van der Waals surface area contributed by atoms with Crippen molar-refractivity contribution in [2.24, 2.45) is 0 Å². The molecular formula is C18H14F3N5O. The standard InChI is InChI=1S/C18H14F3N5O/c1-10-7-13(8-11-9-22-25-15(10)11)26-16-14(24-17(26)18(19,20)21)5-4-12(23-16)3-2-6-27/h2-5,7-9,27H,6H2,1H3,(H,22,25)/b3-2+. The number of pyridine rings is 1. The van der Waals surface area contributed by atoms with E-state index in [-0.39, 0.29) is 17.8 Å². The molecule has 0 fully saturated rings. The summed E-state index contributed by atoms with van der Waals surface area (Å²) in [6.45, 7) is 1.60. The molecule has 0 atom stereocenters. The average Bonchev–Trinajstić information content (AvgIpc) is 3.23. The van der Waals surface area contributed by atoms with E-state index >= 15 is 0 Å². The average molecular weight is 373 g/mol. The van der Waals surface area contributed by atoms with Crippen LogP contribution >= 0.6 is 0 Å². The maximum absolute atomic E-state index is 13.7. The molecule has 138 valence electrons. The Kier molecular flexibility index (Phi) is 3.96. The number of aryl methyl sites for hydroxylation is 1. The number of aliphatic hydroxyl groups excluding tert-OH is 1. The van der Waals surface area contributed by atoms with Gasteiger partial charge in [-0.3, -0.25) is 9.67 Å². The van der Waals surface area contributed by atoms with Crippen molar-refractivity contribution in [3.05, 3.63) is 53.6 Å². The molecule has 0 saturated heterocycles. The van der Waals surface area contributed by atoms with E-state index < -0.39 is 12.0 Å². The Morgan fingerprint density at radius 3 is 2.78 bits per heavy atom. The lowest BCUT2D eigenvalue weighted by molar-refractivity contribution is -0.145. The van der Waals surface area contributed by atoms with Gasteiger partial charge in [0.2, 0.25) is 5.82 Å². The summed E-state index contributed by atoms with van der Waals surface area (Å²) in [5.74, 6) is -1.05. The predicted molar refractivity (Wildman–Crippen MR) is 94.4 cm³/mol. The molecule has 0 aliphatic rings. The maximum atomic E-state index is 13.7. The first-order valence-corrected chi connectivity index (χ1v) is 8.06. The van der Waals surface area contributed by atoms with Gasteiger partial charge in [0, 0.05) is 5.39 Å². The van der Waals surface area contributed by atoms with Crippen molar-refractivity contribution in [2.75, 3.05) is 6.61 Å². The number of nitrogens with zero attached hydrogens (tertiary/aromatic N) is 4. The molecular weight excluding hydrogens is 359 g/mol. The summed E-state index contributed by atoms with van der Waals surface area (Å²) in [6, 6.07) is 6.28. The highest BCUT2D eigenvalue weighted by Crippen LogP contribution is 2.34. The van der Waals surface area contributed by atoms with Gasteiger partial charge in [-0.25, -0.2) is 9.97 Å². The van der Waals surface area contributed by atoms with Crippen molar-refractivity contribution in [1.82, 2.24) is 24.7 Å². The predicted octanol–water partition coefficient (Wildman–Crippen LogP) is 3.63. The van der Waals surface area contributed by atoms with Gasteiger partial charge in [0.15, 0.2) is 5.65 Å². The third-order valence-electron chi connectivity index (χ3n) is 4.16. The van der Waals surface area contributed by atoms with Crippen LogP contribution in [0.5, 0.6) is 0 Å². The Morgan fingerprint density at radius 2 is 2.04 bits per heavy atom. The number of imidazole rings is 1. The Balaban J connectivity index is 2.04. The van der Waals surface area contributed by atoms with Crippen LogP contribution in [0.1, 0.15) is 17.1 Å². The van der Waals surface area contributed by atoms with Gasteiger partial charge >= 0.3 is 6.18 Å². The second kappa shape index (κ2) is 6.20. The summed E-state index contributed by atoms with van der Waals surface area (Å²) >= 11 is 0. The minimum absolute atomic E-state index is 0.0876. The van der Waals surface area contributed by atoms with Crippen LogP contribution in [0.4, 0.5) is 13.2 Å². The van der Waals surface area contributed by atoms with Gasteiger partial charge in [0.05, 0.1) is 29.7 Å². The second-order valence-electron chi connectivity index (χ2n) is 6.03. The molecule has 0 saturated carbocycles. The van der Waals surface area contributed by atoms with Crippen LogP contribution in [0.15, 0.2) is 36.5 Å². The molecule has 0 aliphatic heterocycles. The van der Waals surface area contributed by atoms with Crippen LogP contribution in [-0.4, -0.2) is 36.4 Å². The topological polar surface area (TPSA) is 79.6 Å². The van der Waals surface area contributed by atoms with Crippen LogP contribution in [0.25, 0.3) is 33.8 Å². The van der Waals surface area contributed by atoms with Crippen LogP contribution in [0.3, 0.4) is 0 Å². The molecule has 0 aliphatic carbocycles. The summed E-state index contributed by atoms with van der Waals surface area (Å²) in [5.41, 5.74) is 2.46. The van der Waals surface area contributed by atoms with Gasteiger partial charge in [-0.2, -0.15) is 18.3 Å². The number of hydrogen-bond donors (Lipinski definition) is 2. The van der Waals surface area contributed by atoms with E-state index in [9.17, 15) is 13.2 Å². The normalized spacial score (nSPS) is 12.6. The number of aromatic nitrogens is 5. The monoisotopic (exact) mass is 373 g/mol. The summed E-state index contributed by atoms with van der Waals surface area (Å²) in [4.78, 5) is 8.06. The van der Waals surface area contributed by atoms with Crippen molar-refractivity contribution in [1.29, 1.82) is 0 Å². The fraction of sp³-hybridized carbons (Fsp3) is 0.167. The number of halogens is 3. The van der Waals surface area contributed by atoms with Crippen LogP contribution < -0.4 is 0 Å². The molecule has 3 heterocycles. The van der Waals surface area contributed by atoms with Crippen molar-refractivity contribution >= 4 is 28.1 Å². The number of benzene rings is 1. The minimum Gasteiger partial charge on any atom is -0.392 e. The SMILES string of the molecule is Cc1cc(-n2c(C(F)(F)F)nc3ccc(/C=C/CO)nc32)cc2cn[nH]c12. The zero-order valence-electron chi connectivity index (χ0n) is 14.1. The number of aliphatic hydroxyl groups is 1. The van der Waals surface area contributed by atoms with E-state index in [0.717, 1.165) is 15.6 Å². The van der Waals surface area contributed by atoms with Gasteiger partial charge in [-0.05, 0) is 42.8 Å². The molecule has 1 aromatic carbocycles.